The summed E-state index contributed by atoms with van der Waals surface area (Å²) in [5, 5.41) is 0. The first-order valence-electron chi connectivity index (χ1n) is 4.45. The first kappa shape index (κ1) is 9.15. The number of hydrogen-bond acceptors (Lipinski definition) is 2. The predicted molar refractivity (Wildman–Crippen MR) is 51.3 cm³/mol. The van der Waals surface area contributed by atoms with Crippen molar-refractivity contribution in [3.63, 3.8) is 0 Å². The zero-order chi connectivity index (χ0) is 10.3. The van der Waals surface area contributed by atoms with E-state index in [1.807, 2.05) is 6.92 Å². The monoisotopic (exact) mass is 194 g/mol. The Morgan fingerprint density at radius 2 is 2.21 bits per heavy atom. The first-order valence-corrected chi connectivity index (χ1v) is 4.45. The number of rotatable bonds is 1. The van der Waals surface area contributed by atoms with Crippen LogP contribution in [0.5, 0.6) is 0 Å². The van der Waals surface area contributed by atoms with Gasteiger partial charge in [0.05, 0.1) is 6.04 Å². The Morgan fingerprint density at radius 3 is 2.79 bits per heavy atom. The van der Waals surface area contributed by atoms with E-state index >= 15 is 0 Å². The highest BCUT2D eigenvalue weighted by molar-refractivity contribution is 6.05. The van der Waals surface area contributed by atoms with E-state index in [0.29, 0.717) is 5.69 Å². The minimum absolute atomic E-state index is 0.0516. The zero-order valence-corrected chi connectivity index (χ0v) is 7.77. The maximum atomic E-state index is 12.9. The molecule has 1 amide bonds. The summed E-state index contributed by atoms with van der Waals surface area (Å²) in [4.78, 5) is 12.9. The molecular weight excluding hydrogens is 183 g/mol. The summed E-state index contributed by atoms with van der Waals surface area (Å²) in [5.41, 5.74) is 6.12. The third-order valence-corrected chi connectivity index (χ3v) is 2.54. The molecule has 2 unspecified atom stereocenters. The molecule has 4 heteroatoms. The maximum absolute atomic E-state index is 12.9. The molecule has 1 aromatic rings. The summed E-state index contributed by atoms with van der Waals surface area (Å²) in [6.07, 6.45) is 0. The van der Waals surface area contributed by atoms with Crippen molar-refractivity contribution in [2.24, 2.45) is 5.73 Å². The van der Waals surface area contributed by atoms with Crippen LogP contribution in [0.15, 0.2) is 24.3 Å². The minimum atomic E-state index is -0.446. The van der Waals surface area contributed by atoms with Crippen molar-refractivity contribution >= 4 is 11.6 Å². The van der Waals surface area contributed by atoms with Crippen LogP contribution in [0.25, 0.3) is 0 Å². The van der Waals surface area contributed by atoms with E-state index in [2.05, 4.69) is 0 Å². The Hall–Kier alpha value is -1.42. The number of nitrogens with zero attached hydrogens (tertiary/aromatic N) is 1. The van der Waals surface area contributed by atoms with Gasteiger partial charge in [0.25, 0.3) is 0 Å². The van der Waals surface area contributed by atoms with Crippen molar-refractivity contribution in [2.75, 3.05) is 4.90 Å². The summed E-state index contributed by atoms with van der Waals surface area (Å²) >= 11 is 0. The largest absolute Gasteiger partial charge is 0.318 e. The van der Waals surface area contributed by atoms with Gasteiger partial charge in [-0.3, -0.25) is 4.79 Å². The van der Waals surface area contributed by atoms with Crippen LogP contribution in [0.1, 0.15) is 6.92 Å². The van der Waals surface area contributed by atoms with Crippen LogP contribution in [0, 0.1) is 5.82 Å². The van der Waals surface area contributed by atoms with Crippen molar-refractivity contribution in [3.05, 3.63) is 30.1 Å². The third kappa shape index (κ3) is 1.19. The number of hydrogen-bond donors (Lipinski definition) is 1. The lowest BCUT2D eigenvalue weighted by molar-refractivity contribution is -0.125. The van der Waals surface area contributed by atoms with Gasteiger partial charge in [-0.05, 0) is 25.1 Å². The minimum Gasteiger partial charge on any atom is -0.318 e. The zero-order valence-electron chi connectivity index (χ0n) is 7.77. The number of carbonyl (C=O) groups is 1. The van der Waals surface area contributed by atoms with Gasteiger partial charge in [-0.15, -0.1) is 0 Å². The molecule has 1 heterocycles. The lowest BCUT2D eigenvalue weighted by Crippen LogP contribution is -2.67. The van der Waals surface area contributed by atoms with Crippen LogP contribution >= 0.6 is 0 Å². The van der Waals surface area contributed by atoms with Crippen LogP contribution in [0.4, 0.5) is 10.1 Å². The number of benzene rings is 1. The van der Waals surface area contributed by atoms with Gasteiger partial charge in [0.15, 0.2) is 0 Å². The Labute approximate surface area is 81.3 Å². The molecule has 3 nitrogen and oxygen atoms in total. The topological polar surface area (TPSA) is 46.3 Å². The van der Waals surface area contributed by atoms with E-state index in [9.17, 15) is 9.18 Å². The van der Waals surface area contributed by atoms with Crippen molar-refractivity contribution < 1.29 is 9.18 Å². The smallest absolute Gasteiger partial charge is 0.246 e. The molecule has 0 bridgehead atoms. The van der Waals surface area contributed by atoms with Gasteiger partial charge < -0.3 is 10.6 Å². The number of halogens is 1. The van der Waals surface area contributed by atoms with Crippen molar-refractivity contribution in [1.82, 2.24) is 0 Å². The third-order valence-electron chi connectivity index (χ3n) is 2.54. The van der Waals surface area contributed by atoms with Gasteiger partial charge in [-0.25, -0.2) is 4.39 Å². The Morgan fingerprint density at radius 1 is 1.50 bits per heavy atom. The second kappa shape index (κ2) is 3.06. The number of nitrogens with two attached hydrogens (primary N) is 1. The molecule has 2 atom stereocenters. The summed E-state index contributed by atoms with van der Waals surface area (Å²) in [6, 6.07) is 5.46. The molecule has 1 saturated heterocycles. The summed E-state index contributed by atoms with van der Waals surface area (Å²) < 4.78 is 12.9. The highest BCUT2D eigenvalue weighted by atomic mass is 19.1. The van der Waals surface area contributed by atoms with Crippen molar-refractivity contribution in [3.8, 4) is 0 Å². The second-order valence-electron chi connectivity index (χ2n) is 3.45. The molecule has 14 heavy (non-hydrogen) atoms. The molecule has 1 aliphatic heterocycles. The van der Waals surface area contributed by atoms with E-state index in [-0.39, 0.29) is 17.8 Å². The molecule has 0 radical (unpaired) electrons. The van der Waals surface area contributed by atoms with Crippen molar-refractivity contribution in [1.29, 1.82) is 0 Å². The fraction of sp³-hybridized carbons (Fsp3) is 0.300. The molecular formula is C10H11FN2O. The van der Waals surface area contributed by atoms with E-state index in [1.165, 1.54) is 17.0 Å². The van der Waals surface area contributed by atoms with Gasteiger partial charge in [0, 0.05) is 5.69 Å². The molecule has 0 spiro atoms. The molecule has 1 aliphatic rings. The molecule has 1 fully saturated rings. The van der Waals surface area contributed by atoms with Crippen LogP contribution in [-0.4, -0.2) is 18.0 Å². The fourth-order valence-electron chi connectivity index (χ4n) is 1.63. The summed E-state index contributed by atoms with van der Waals surface area (Å²) in [7, 11) is 0. The fourth-order valence-corrected chi connectivity index (χ4v) is 1.63. The summed E-state index contributed by atoms with van der Waals surface area (Å²) in [5.74, 6) is -0.494. The van der Waals surface area contributed by atoms with Crippen LogP contribution < -0.4 is 10.6 Å². The number of anilines is 1. The molecule has 0 aliphatic carbocycles. The van der Waals surface area contributed by atoms with E-state index in [4.69, 9.17) is 5.73 Å². The molecule has 0 saturated carbocycles. The standard InChI is InChI=1S/C10H11FN2O/c1-6-9(12)10(14)13(6)8-4-2-3-7(11)5-8/h2-6,9H,12H2,1H3. The Bertz CT molecular complexity index is 380. The lowest BCUT2D eigenvalue weighted by atomic mass is 9.97. The second-order valence-corrected chi connectivity index (χ2v) is 3.45. The number of carbonyl (C=O) groups excluding carboxylic acids is 1. The van der Waals surface area contributed by atoms with Gasteiger partial charge in [0.1, 0.15) is 11.9 Å². The summed E-state index contributed by atoms with van der Waals surface area (Å²) in [6.45, 7) is 1.84. The van der Waals surface area contributed by atoms with E-state index in [1.54, 1.807) is 12.1 Å². The van der Waals surface area contributed by atoms with Crippen LogP contribution in [-0.2, 0) is 4.79 Å². The quantitative estimate of drug-likeness (QED) is 0.675. The normalized spacial score (nSPS) is 26.2. The highest BCUT2D eigenvalue weighted by Gasteiger charge is 2.42. The molecule has 2 rings (SSSR count). The van der Waals surface area contributed by atoms with Gasteiger partial charge in [-0.1, -0.05) is 6.07 Å². The average Bonchev–Trinajstić information content (AvgIpc) is 2.18. The van der Waals surface area contributed by atoms with E-state index < -0.39 is 6.04 Å². The Kier molecular flexibility index (Phi) is 2.00. The number of β-lactam (4-membered cyclic amide) rings is 1. The predicted octanol–water partition coefficient (Wildman–Crippen LogP) is 0.888. The molecule has 2 N–H and O–H groups in total. The SMILES string of the molecule is CC1C(N)C(=O)N1c1cccc(F)c1. The van der Waals surface area contributed by atoms with E-state index in [0.717, 1.165) is 0 Å². The Balaban J connectivity index is 2.29. The molecule has 74 valence electrons. The first-order chi connectivity index (χ1) is 6.61. The van der Waals surface area contributed by atoms with Crippen molar-refractivity contribution in [2.45, 2.75) is 19.0 Å². The molecule has 0 aromatic heterocycles. The van der Waals surface area contributed by atoms with Crippen LogP contribution in [0.3, 0.4) is 0 Å². The molecule has 1 aromatic carbocycles. The maximum Gasteiger partial charge on any atom is 0.246 e. The van der Waals surface area contributed by atoms with Gasteiger partial charge >= 0.3 is 0 Å². The highest BCUT2D eigenvalue weighted by Crippen LogP contribution is 2.26. The number of amides is 1. The van der Waals surface area contributed by atoms with Gasteiger partial charge in [0.2, 0.25) is 5.91 Å². The van der Waals surface area contributed by atoms with Gasteiger partial charge in [-0.2, -0.15) is 0 Å². The van der Waals surface area contributed by atoms with Crippen LogP contribution in [0.2, 0.25) is 0 Å². The average molecular weight is 194 g/mol. The lowest BCUT2D eigenvalue weighted by Gasteiger charge is -2.43.